The quantitative estimate of drug-likeness (QED) is 0.349. The number of benzene rings is 2. The van der Waals surface area contributed by atoms with Gasteiger partial charge in [0.25, 0.3) is 0 Å². The number of carbonyl (C=O) groups is 1. The highest BCUT2D eigenvalue weighted by molar-refractivity contribution is 5.72. The Labute approximate surface area is 201 Å². The molecule has 0 radical (unpaired) electrons. The predicted octanol–water partition coefficient (Wildman–Crippen LogP) is 4.64. The third kappa shape index (κ3) is 8.32. The molecule has 7 heteroatoms. The number of nitrogens with zero attached hydrogens (tertiary/aromatic N) is 1. The van der Waals surface area contributed by atoms with E-state index in [2.05, 4.69) is 60.7 Å². The van der Waals surface area contributed by atoms with E-state index in [0.717, 1.165) is 41.2 Å². The van der Waals surface area contributed by atoms with Crippen LogP contribution in [0.25, 0.3) is 11.1 Å². The molecule has 0 bridgehead atoms. The number of ether oxygens (including phenoxy) is 3. The SMILES string of the molecule is CC(=O)NCCOCCOCc1cc(CCCOc2c(C)cc(-c3ccccc3)cc2C)on1. The van der Waals surface area contributed by atoms with Crippen LogP contribution in [-0.4, -0.2) is 44.0 Å². The molecule has 0 aliphatic rings. The van der Waals surface area contributed by atoms with E-state index in [9.17, 15) is 4.79 Å². The number of aromatic nitrogens is 1. The molecular formula is C27H34N2O5. The van der Waals surface area contributed by atoms with Crippen molar-refractivity contribution in [3.8, 4) is 16.9 Å². The van der Waals surface area contributed by atoms with Gasteiger partial charge in [-0.3, -0.25) is 4.79 Å². The second kappa shape index (κ2) is 13.5. The molecule has 1 heterocycles. The van der Waals surface area contributed by atoms with Gasteiger partial charge in [0.1, 0.15) is 17.2 Å². The Morgan fingerprint density at radius 2 is 1.68 bits per heavy atom. The molecule has 1 N–H and O–H groups in total. The van der Waals surface area contributed by atoms with Crippen LogP contribution in [0.4, 0.5) is 0 Å². The van der Waals surface area contributed by atoms with Crippen LogP contribution in [0.1, 0.15) is 35.9 Å². The van der Waals surface area contributed by atoms with Crippen LogP contribution >= 0.6 is 0 Å². The Hall–Kier alpha value is -3.16. The number of amides is 1. The largest absolute Gasteiger partial charge is 0.493 e. The average molecular weight is 467 g/mol. The van der Waals surface area contributed by atoms with Gasteiger partial charge in [0, 0.05) is 26.0 Å². The van der Waals surface area contributed by atoms with Gasteiger partial charge in [-0.05, 0) is 54.7 Å². The average Bonchev–Trinajstić information content (AvgIpc) is 3.27. The van der Waals surface area contributed by atoms with Crippen molar-refractivity contribution in [1.82, 2.24) is 10.5 Å². The zero-order valence-corrected chi connectivity index (χ0v) is 20.3. The molecule has 7 nitrogen and oxygen atoms in total. The molecule has 0 aliphatic heterocycles. The van der Waals surface area contributed by atoms with E-state index in [1.54, 1.807) is 0 Å². The summed E-state index contributed by atoms with van der Waals surface area (Å²) in [7, 11) is 0. The van der Waals surface area contributed by atoms with Gasteiger partial charge in [-0.2, -0.15) is 0 Å². The fourth-order valence-corrected chi connectivity index (χ4v) is 3.63. The minimum atomic E-state index is -0.0593. The van der Waals surface area contributed by atoms with Gasteiger partial charge < -0.3 is 24.1 Å². The summed E-state index contributed by atoms with van der Waals surface area (Å²) in [6, 6.07) is 16.6. The van der Waals surface area contributed by atoms with Gasteiger partial charge in [0.15, 0.2) is 0 Å². The Kier molecular flexibility index (Phi) is 10.1. The first kappa shape index (κ1) is 25.5. The molecule has 0 atom stereocenters. The first-order valence-corrected chi connectivity index (χ1v) is 11.7. The number of nitrogens with one attached hydrogen (secondary N) is 1. The highest BCUT2D eigenvalue weighted by Crippen LogP contribution is 2.30. The van der Waals surface area contributed by atoms with Crippen molar-refractivity contribution in [3.05, 3.63) is 71.1 Å². The van der Waals surface area contributed by atoms with Crippen molar-refractivity contribution < 1.29 is 23.5 Å². The van der Waals surface area contributed by atoms with E-state index in [4.69, 9.17) is 18.7 Å². The Bertz CT molecular complexity index is 1010. The van der Waals surface area contributed by atoms with E-state index < -0.39 is 0 Å². The van der Waals surface area contributed by atoms with Crippen molar-refractivity contribution in [2.24, 2.45) is 0 Å². The summed E-state index contributed by atoms with van der Waals surface area (Å²) in [4.78, 5) is 10.8. The molecule has 182 valence electrons. The summed E-state index contributed by atoms with van der Waals surface area (Å²) in [6.07, 6.45) is 1.58. The minimum Gasteiger partial charge on any atom is -0.493 e. The number of rotatable bonds is 14. The fourth-order valence-electron chi connectivity index (χ4n) is 3.63. The Morgan fingerprint density at radius 3 is 2.41 bits per heavy atom. The highest BCUT2D eigenvalue weighted by atomic mass is 16.5. The molecular weight excluding hydrogens is 432 g/mol. The standard InChI is InChI=1S/C27H34N2O5/c1-20-16-24(23-8-5-4-6-9-23)17-21(2)27(20)33-12-7-10-26-18-25(29-34-26)19-32-15-14-31-13-11-28-22(3)30/h4-6,8-9,16-18H,7,10-15,19H2,1-3H3,(H,28,30). The molecule has 2 aromatic carbocycles. The van der Waals surface area contributed by atoms with Gasteiger partial charge >= 0.3 is 0 Å². The monoisotopic (exact) mass is 466 g/mol. The molecule has 1 amide bonds. The maximum Gasteiger partial charge on any atom is 0.216 e. The van der Waals surface area contributed by atoms with E-state index >= 15 is 0 Å². The molecule has 34 heavy (non-hydrogen) atoms. The lowest BCUT2D eigenvalue weighted by atomic mass is 10.00. The fraction of sp³-hybridized carbons (Fsp3) is 0.407. The number of hydrogen-bond donors (Lipinski definition) is 1. The molecule has 3 rings (SSSR count). The molecule has 0 unspecified atom stereocenters. The maximum atomic E-state index is 10.8. The van der Waals surface area contributed by atoms with E-state index in [1.807, 2.05) is 12.1 Å². The lowest BCUT2D eigenvalue weighted by Gasteiger charge is -2.14. The van der Waals surface area contributed by atoms with E-state index in [0.29, 0.717) is 39.6 Å². The predicted molar refractivity (Wildman–Crippen MR) is 131 cm³/mol. The van der Waals surface area contributed by atoms with Crippen LogP contribution in [0, 0.1) is 13.8 Å². The zero-order chi connectivity index (χ0) is 24.2. The third-order valence-corrected chi connectivity index (χ3v) is 5.23. The van der Waals surface area contributed by atoms with Gasteiger partial charge in [-0.15, -0.1) is 0 Å². The van der Waals surface area contributed by atoms with Crippen molar-refractivity contribution in [1.29, 1.82) is 0 Å². The molecule has 3 aromatic rings. The van der Waals surface area contributed by atoms with Crippen molar-refractivity contribution >= 4 is 5.91 Å². The summed E-state index contributed by atoms with van der Waals surface area (Å²) in [5.74, 6) is 1.71. The number of hydrogen-bond acceptors (Lipinski definition) is 6. The topological polar surface area (TPSA) is 82.8 Å². The van der Waals surface area contributed by atoms with Crippen molar-refractivity contribution in [2.45, 2.75) is 40.2 Å². The Balaban J connectivity index is 1.34. The van der Waals surface area contributed by atoms with Crippen molar-refractivity contribution in [3.63, 3.8) is 0 Å². The summed E-state index contributed by atoms with van der Waals surface area (Å²) in [6.45, 7) is 8.53. The molecule has 0 spiro atoms. The molecule has 1 aromatic heterocycles. The van der Waals surface area contributed by atoms with E-state index in [-0.39, 0.29) is 5.91 Å². The highest BCUT2D eigenvalue weighted by Gasteiger charge is 2.09. The van der Waals surface area contributed by atoms with Crippen molar-refractivity contribution in [2.75, 3.05) is 33.0 Å². The molecule has 0 fully saturated rings. The van der Waals surface area contributed by atoms with Gasteiger partial charge in [0.05, 0.1) is 33.0 Å². The second-order valence-corrected chi connectivity index (χ2v) is 8.19. The van der Waals surface area contributed by atoms with Crippen LogP contribution in [0.2, 0.25) is 0 Å². The second-order valence-electron chi connectivity index (χ2n) is 8.19. The molecule has 0 aliphatic carbocycles. The lowest BCUT2D eigenvalue weighted by molar-refractivity contribution is -0.119. The summed E-state index contributed by atoms with van der Waals surface area (Å²) in [5, 5.41) is 6.73. The first-order chi connectivity index (χ1) is 16.5. The number of aryl methyl sites for hydroxylation is 3. The van der Waals surface area contributed by atoms with Gasteiger partial charge in [-0.25, -0.2) is 0 Å². The summed E-state index contributed by atoms with van der Waals surface area (Å²) >= 11 is 0. The molecule has 0 saturated heterocycles. The van der Waals surface area contributed by atoms with Crippen LogP contribution in [0.5, 0.6) is 5.75 Å². The zero-order valence-electron chi connectivity index (χ0n) is 20.3. The third-order valence-electron chi connectivity index (χ3n) is 5.23. The first-order valence-electron chi connectivity index (χ1n) is 11.7. The van der Waals surface area contributed by atoms with Gasteiger partial charge in [-0.1, -0.05) is 35.5 Å². The van der Waals surface area contributed by atoms with E-state index in [1.165, 1.54) is 18.1 Å². The Morgan fingerprint density at radius 1 is 0.941 bits per heavy atom. The van der Waals surface area contributed by atoms with Crippen LogP contribution in [-0.2, 0) is 27.3 Å². The molecule has 0 saturated carbocycles. The number of carbonyl (C=O) groups excluding carboxylic acids is 1. The van der Waals surface area contributed by atoms with Gasteiger partial charge in [0.2, 0.25) is 5.91 Å². The smallest absolute Gasteiger partial charge is 0.216 e. The lowest BCUT2D eigenvalue weighted by Crippen LogP contribution is -2.24. The van der Waals surface area contributed by atoms with Crippen LogP contribution in [0.3, 0.4) is 0 Å². The van der Waals surface area contributed by atoms with Crippen LogP contribution < -0.4 is 10.1 Å². The minimum absolute atomic E-state index is 0.0593. The summed E-state index contributed by atoms with van der Waals surface area (Å²) < 4.78 is 22.4. The summed E-state index contributed by atoms with van der Waals surface area (Å²) in [5.41, 5.74) is 5.45. The van der Waals surface area contributed by atoms with Crippen LogP contribution in [0.15, 0.2) is 53.1 Å². The maximum absolute atomic E-state index is 10.8. The normalized spacial score (nSPS) is 10.9.